The molecule has 5 heteroatoms. The second-order valence-corrected chi connectivity index (χ2v) is 5.86. The zero-order valence-corrected chi connectivity index (χ0v) is 12.6. The molecule has 1 aliphatic rings. The molecule has 2 amide bonds. The molecule has 0 bridgehead atoms. The van der Waals surface area contributed by atoms with Gasteiger partial charge in [0.25, 0.3) is 0 Å². The molecule has 1 aliphatic carbocycles. The summed E-state index contributed by atoms with van der Waals surface area (Å²) in [4.78, 5) is 13.9. The molecule has 1 aromatic rings. The van der Waals surface area contributed by atoms with Gasteiger partial charge in [-0.3, -0.25) is 0 Å². The van der Waals surface area contributed by atoms with E-state index in [-0.39, 0.29) is 24.5 Å². The Bertz CT molecular complexity index is 499. The van der Waals surface area contributed by atoms with Crippen molar-refractivity contribution in [3.05, 3.63) is 29.6 Å². The summed E-state index contributed by atoms with van der Waals surface area (Å²) in [6.07, 6.45) is 3.69. The van der Waals surface area contributed by atoms with E-state index < -0.39 is 0 Å². The average Bonchev–Trinajstić information content (AvgIpc) is 2.50. The minimum absolute atomic E-state index is 0.183. The van der Waals surface area contributed by atoms with Crippen molar-refractivity contribution in [2.24, 2.45) is 5.92 Å². The molecule has 0 aliphatic heterocycles. The number of benzene rings is 1. The lowest BCUT2D eigenvalue weighted by Gasteiger charge is -2.34. The maximum Gasteiger partial charge on any atom is 0.321 e. The Hall–Kier alpha value is -1.62. The van der Waals surface area contributed by atoms with Crippen molar-refractivity contribution in [2.45, 2.75) is 38.6 Å². The fraction of sp³-hybridized carbons (Fsp3) is 0.562. The fourth-order valence-corrected chi connectivity index (χ4v) is 2.76. The largest absolute Gasteiger partial charge is 0.396 e. The molecular formula is C16H23FN2O2. The Morgan fingerprint density at radius 3 is 2.62 bits per heavy atom. The van der Waals surface area contributed by atoms with Gasteiger partial charge in [0.15, 0.2) is 0 Å². The van der Waals surface area contributed by atoms with Crippen LogP contribution in [0.2, 0.25) is 0 Å². The summed E-state index contributed by atoms with van der Waals surface area (Å²) in [5, 5.41) is 11.9. The Morgan fingerprint density at radius 1 is 1.38 bits per heavy atom. The molecule has 1 aromatic carbocycles. The number of nitrogens with zero attached hydrogens (tertiary/aromatic N) is 1. The van der Waals surface area contributed by atoms with Crippen LogP contribution in [0.4, 0.5) is 14.9 Å². The molecular weight excluding hydrogens is 271 g/mol. The van der Waals surface area contributed by atoms with Crippen LogP contribution in [0.3, 0.4) is 0 Å². The quantitative estimate of drug-likeness (QED) is 0.899. The number of amides is 2. The summed E-state index contributed by atoms with van der Waals surface area (Å²) in [6.45, 7) is 1.91. The first-order chi connectivity index (χ1) is 10.0. The number of carbonyl (C=O) groups excluding carboxylic acids is 1. The van der Waals surface area contributed by atoms with Gasteiger partial charge in [0.2, 0.25) is 0 Å². The summed E-state index contributed by atoms with van der Waals surface area (Å²) in [5.74, 6) is 0.0443. The summed E-state index contributed by atoms with van der Waals surface area (Å²) in [6, 6.07) is 4.65. The fourth-order valence-electron chi connectivity index (χ4n) is 2.76. The first-order valence-corrected chi connectivity index (χ1v) is 7.42. The van der Waals surface area contributed by atoms with Crippen molar-refractivity contribution < 1.29 is 14.3 Å². The predicted molar refractivity (Wildman–Crippen MR) is 80.8 cm³/mol. The van der Waals surface area contributed by atoms with Crippen molar-refractivity contribution in [3.63, 3.8) is 0 Å². The number of hydrogen-bond donors (Lipinski definition) is 2. The summed E-state index contributed by atoms with van der Waals surface area (Å²) in [7, 11) is 1.77. The van der Waals surface area contributed by atoms with Gasteiger partial charge < -0.3 is 15.3 Å². The molecule has 0 atom stereocenters. The van der Waals surface area contributed by atoms with E-state index in [0.717, 1.165) is 25.7 Å². The minimum Gasteiger partial charge on any atom is -0.396 e. The number of nitrogens with one attached hydrogen (secondary N) is 1. The lowest BCUT2D eigenvalue weighted by Crippen LogP contribution is -2.42. The maximum atomic E-state index is 13.5. The molecule has 2 rings (SSSR count). The van der Waals surface area contributed by atoms with E-state index in [4.69, 9.17) is 5.11 Å². The van der Waals surface area contributed by atoms with Crippen LogP contribution in [-0.4, -0.2) is 35.7 Å². The van der Waals surface area contributed by atoms with Crippen molar-refractivity contribution in [1.82, 2.24) is 4.90 Å². The molecule has 0 saturated heterocycles. The highest BCUT2D eigenvalue weighted by molar-refractivity contribution is 5.89. The molecule has 0 spiro atoms. The highest BCUT2D eigenvalue weighted by atomic mass is 19.1. The summed E-state index contributed by atoms with van der Waals surface area (Å²) in [5.41, 5.74) is 1.03. The zero-order chi connectivity index (χ0) is 15.4. The Morgan fingerprint density at radius 2 is 2.05 bits per heavy atom. The molecule has 4 nitrogen and oxygen atoms in total. The number of aliphatic hydroxyl groups excluding tert-OH is 1. The highest BCUT2D eigenvalue weighted by Crippen LogP contribution is 2.27. The number of hydrogen-bond acceptors (Lipinski definition) is 2. The van der Waals surface area contributed by atoms with Gasteiger partial charge in [0.1, 0.15) is 5.82 Å². The molecule has 1 fully saturated rings. The second kappa shape index (κ2) is 6.89. The van der Waals surface area contributed by atoms with Crippen LogP contribution in [0, 0.1) is 18.7 Å². The zero-order valence-electron chi connectivity index (χ0n) is 12.6. The summed E-state index contributed by atoms with van der Waals surface area (Å²) < 4.78 is 13.5. The lowest BCUT2D eigenvalue weighted by molar-refractivity contribution is 0.139. The topological polar surface area (TPSA) is 52.6 Å². The van der Waals surface area contributed by atoms with Crippen molar-refractivity contribution in [1.29, 1.82) is 0 Å². The molecule has 21 heavy (non-hydrogen) atoms. The number of aryl methyl sites for hydroxylation is 1. The van der Waals surface area contributed by atoms with Crippen LogP contribution in [0.1, 0.15) is 31.2 Å². The van der Waals surface area contributed by atoms with E-state index in [0.29, 0.717) is 17.2 Å². The smallest absolute Gasteiger partial charge is 0.321 e. The Kier molecular flexibility index (Phi) is 5.17. The van der Waals surface area contributed by atoms with Crippen LogP contribution in [0.5, 0.6) is 0 Å². The number of halogens is 1. The summed E-state index contributed by atoms with van der Waals surface area (Å²) >= 11 is 0. The van der Waals surface area contributed by atoms with E-state index in [9.17, 15) is 9.18 Å². The average molecular weight is 294 g/mol. The van der Waals surface area contributed by atoms with Gasteiger partial charge in [0, 0.05) is 25.4 Å². The van der Waals surface area contributed by atoms with Gasteiger partial charge in [-0.15, -0.1) is 0 Å². The highest BCUT2D eigenvalue weighted by Gasteiger charge is 2.26. The molecule has 0 unspecified atom stereocenters. The van der Waals surface area contributed by atoms with Crippen molar-refractivity contribution in [2.75, 3.05) is 19.0 Å². The third-order valence-corrected chi connectivity index (χ3v) is 4.37. The monoisotopic (exact) mass is 294 g/mol. The van der Waals surface area contributed by atoms with Crippen LogP contribution in [-0.2, 0) is 0 Å². The number of urea groups is 1. The second-order valence-electron chi connectivity index (χ2n) is 5.86. The number of rotatable bonds is 3. The van der Waals surface area contributed by atoms with E-state index in [2.05, 4.69) is 5.32 Å². The van der Waals surface area contributed by atoms with Crippen molar-refractivity contribution in [3.8, 4) is 0 Å². The van der Waals surface area contributed by atoms with Crippen LogP contribution in [0.25, 0.3) is 0 Å². The van der Waals surface area contributed by atoms with E-state index in [1.54, 1.807) is 31.0 Å². The van der Waals surface area contributed by atoms with Gasteiger partial charge in [-0.05, 0) is 56.2 Å². The Labute approximate surface area is 125 Å². The SMILES string of the molecule is Cc1ccc(NC(=O)N(C)C2CCC(CO)CC2)cc1F. The standard InChI is InChI=1S/C16H23FN2O2/c1-11-3-6-13(9-15(11)17)18-16(21)19(2)14-7-4-12(10-20)5-8-14/h3,6,9,12,14,20H,4-5,7-8,10H2,1-2H3,(H,18,21). The lowest BCUT2D eigenvalue weighted by atomic mass is 9.86. The third-order valence-electron chi connectivity index (χ3n) is 4.37. The number of anilines is 1. The molecule has 0 radical (unpaired) electrons. The molecule has 0 aromatic heterocycles. The van der Waals surface area contributed by atoms with Crippen LogP contribution < -0.4 is 5.32 Å². The van der Waals surface area contributed by atoms with E-state index in [1.165, 1.54) is 6.07 Å². The predicted octanol–water partition coefficient (Wildman–Crippen LogP) is 3.15. The van der Waals surface area contributed by atoms with Crippen LogP contribution in [0.15, 0.2) is 18.2 Å². The third kappa shape index (κ3) is 3.94. The first-order valence-electron chi connectivity index (χ1n) is 7.42. The minimum atomic E-state index is -0.320. The normalized spacial score (nSPS) is 21.9. The van der Waals surface area contributed by atoms with E-state index >= 15 is 0 Å². The van der Waals surface area contributed by atoms with Gasteiger partial charge >= 0.3 is 6.03 Å². The van der Waals surface area contributed by atoms with Gasteiger partial charge in [-0.2, -0.15) is 0 Å². The molecule has 0 heterocycles. The van der Waals surface area contributed by atoms with Gasteiger partial charge in [-0.25, -0.2) is 9.18 Å². The van der Waals surface area contributed by atoms with Crippen LogP contribution >= 0.6 is 0 Å². The molecule has 116 valence electrons. The number of aliphatic hydroxyl groups is 1. The van der Waals surface area contributed by atoms with E-state index in [1.807, 2.05) is 0 Å². The van der Waals surface area contributed by atoms with Crippen molar-refractivity contribution >= 4 is 11.7 Å². The first kappa shape index (κ1) is 15.8. The van der Waals surface area contributed by atoms with Gasteiger partial charge in [0.05, 0.1) is 0 Å². The van der Waals surface area contributed by atoms with Gasteiger partial charge in [-0.1, -0.05) is 6.07 Å². The number of carbonyl (C=O) groups is 1. The maximum absolute atomic E-state index is 13.5. The molecule has 1 saturated carbocycles. The molecule has 2 N–H and O–H groups in total. The Balaban J connectivity index is 1.92.